The Morgan fingerprint density at radius 3 is 3.06 bits per heavy atom. The summed E-state index contributed by atoms with van der Waals surface area (Å²) in [6.45, 7) is 0. The normalized spacial score (nSPS) is 11.2. The fraction of sp³-hybridized carbons (Fsp3) is 0.0833. The van der Waals surface area contributed by atoms with Crippen molar-refractivity contribution in [3.63, 3.8) is 0 Å². The summed E-state index contributed by atoms with van der Waals surface area (Å²) in [5.41, 5.74) is 4.73. The lowest BCUT2D eigenvalue weighted by molar-refractivity contribution is 1.13. The number of aromatic nitrogens is 1. The molecular weight excluding hydrogens is 232 g/mol. The zero-order chi connectivity index (χ0) is 12.3. The van der Waals surface area contributed by atoms with Gasteiger partial charge in [-0.1, -0.05) is 0 Å². The summed E-state index contributed by atoms with van der Waals surface area (Å²) in [5.74, 6) is 0. The van der Waals surface area contributed by atoms with Gasteiger partial charge in [-0.25, -0.2) is 4.98 Å². The van der Waals surface area contributed by atoms with Crippen molar-refractivity contribution in [3.05, 3.63) is 34.8 Å². The van der Waals surface area contributed by atoms with Crippen LogP contribution in [0.15, 0.2) is 23.7 Å². The molecule has 0 aliphatic heterocycles. The molecule has 84 valence electrons. The molecule has 0 fully saturated rings. The van der Waals surface area contributed by atoms with Gasteiger partial charge in [0.15, 0.2) is 0 Å². The van der Waals surface area contributed by atoms with Gasteiger partial charge in [-0.05, 0) is 18.2 Å². The Balaban J connectivity index is 2.73. The van der Waals surface area contributed by atoms with Crippen LogP contribution in [0.2, 0.25) is 0 Å². The second-order valence-electron chi connectivity index (χ2n) is 3.30. The number of allylic oxidation sites excluding steroid dienone is 1. The van der Waals surface area contributed by atoms with Crippen molar-refractivity contribution < 1.29 is 0 Å². The first-order chi connectivity index (χ1) is 8.31. The van der Waals surface area contributed by atoms with E-state index in [1.807, 2.05) is 12.1 Å². The fourth-order valence-electron chi connectivity index (χ4n) is 1.66. The molecule has 0 unspecified atom stereocenters. The molecule has 0 amide bonds. The Bertz CT molecular complexity index is 633. The summed E-state index contributed by atoms with van der Waals surface area (Å²) in [7, 11) is 1.77. The zero-order valence-corrected chi connectivity index (χ0v) is 10.0. The van der Waals surface area contributed by atoms with Gasteiger partial charge in [0.2, 0.25) is 0 Å². The van der Waals surface area contributed by atoms with Crippen molar-refractivity contribution in [1.29, 1.82) is 10.7 Å². The minimum absolute atomic E-state index is 0.604. The van der Waals surface area contributed by atoms with Crippen LogP contribution in [0.25, 0.3) is 15.9 Å². The van der Waals surface area contributed by atoms with Gasteiger partial charge in [0.05, 0.1) is 21.3 Å². The van der Waals surface area contributed by atoms with E-state index in [9.17, 15) is 5.26 Å². The highest BCUT2D eigenvalue weighted by Crippen LogP contribution is 2.27. The molecule has 0 spiro atoms. The average Bonchev–Trinajstić information content (AvgIpc) is 2.83. The lowest BCUT2D eigenvalue weighted by Crippen LogP contribution is -2.06. The number of thiazole rings is 1. The van der Waals surface area contributed by atoms with Gasteiger partial charge in [-0.15, -0.1) is 11.3 Å². The summed E-state index contributed by atoms with van der Waals surface area (Å²) in [5, 5.41) is 19.4. The van der Waals surface area contributed by atoms with Crippen molar-refractivity contribution in [1.82, 2.24) is 10.3 Å². The molecule has 0 atom stereocenters. The molecule has 5 heteroatoms. The molecule has 0 saturated carbocycles. The van der Waals surface area contributed by atoms with Crippen LogP contribution >= 0.6 is 11.3 Å². The second kappa shape index (κ2) is 4.76. The number of nitrogens with zero attached hydrogens (tertiary/aromatic N) is 2. The van der Waals surface area contributed by atoms with Crippen LogP contribution in [-0.2, 0) is 0 Å². The summed E-state index contributed by atoms with van der Waals surface area (Å²) < 4.78 is 0.885. The van der Waals surface area contributed by atoms with Gasteiger partial charge >= 0.3 is 0 Å². The summed E-state index contributed by atoms with van der Waals surface area (Å²) in [4.78, 5) is 4.18. The monoisotopic (exact) mass is 242 g/mol. The van der Waals surface area contributed by atoms with E-state index in [4.69, 9.17) is 5.41 Å². The van der Waals surface area contributed by atoms with E-state index >= 15 is 0 Å². The van der Waals surface area contributed by atoms with Crippen LogP contribution in [0.5, 0.6) is 0 Å². The van der Waals surface area contributed by atoms with Crippen molar-refractivity contribution in [2.24, 2.45) is 0 Å². The van der Waals surface area contributed by atoms with Gasteiger partial charge in [0.1, 0.15) is 6.07 Å². The fourth-order valence-corrected chi connectivity index (χ4v) is 2.44. The maximum atomic E-state index is 9.26. The van der Waals surface area contributed by atoms with Crippen molar-refractivity contribution >= 4 is 33.5 Å². The number of nitrogens with one attached hydrogen (secondary N) is 2. The molecule has 0 aliphatic rings. The number of fused-ring (bicyclic) bond motifs is 1. The van der Waals surface area contributed by atoms with E-state index in [1.54, 1.807) is 18.6 Å². The summed E-state index contributed by atoms with van der Waals surface area (Å²) >= 11 is 1.45. The Hall–Kier alpha value is -2.19. The molecule has 2 rings (SSSR count). The van der Waals surface area contributed by atoms with Crippen LogP contribution in [0, 0.1) is 16.7 Å². The third kappa shape index (κ3) is 1.90. The Morgan fingerprint density at radius 1 is 1.59 bits per heavy atom. The highest BCUT2D eigenvalue weighted by molar-refractivity contribution is 7.17. The highest BCUT2D eigenvalue weighted by atomic mass is 32.1. The molecule has 4 nitrogen and oxygen atoms in total. The van der Waals surface area contributed by atoms with E-state index in [-0.39, 0.29) is 0 Å². The van der Waals surface area contributed by atoms with Gasteiger partial charge < -0.3 is 10.7 Å². The molecule has 17 heavy (non-hydrogen) atoms. The topological polar surface area (TPSA) is 72.6 Å². The van der Waals surface area contributed by atoms with Gasteiger partial charge in [0, 0.05) is 24.5 Å². The summed E-state index contributed by atoms with van der Waals surface area (Å²) in [6.07, 6.45) is 2.83. The highest BCUT2D eigenvalue weighted by Gasteiger charge is 2.11. The van der Waals surface area contributed by atoms with E-state index in [0.717, 1.165) is 21.5 Å². The summed E-state index contributed by atoms with van der Waals surface area (Å²) in [6, 6.07) is 5.95. The molecule has 1 aromatic heterocycles. The molecule has 0 bridgehead atoms. The number of rotatable bonds is 3. The molecule has 1 aromatic carbocycles. The van der Waals surface area contributed by atoms with Crippen molar-refractivity contribution in [2.75, 3.05) is 7.05 Å². The lowest BCUT2D eigenvalue weighted by atomic mass is 10.0. The van der Waals surface area contributed by atoms with Gasteiger partial charge in [0.25, 0.3) is 0 Å². The van der Waals surface area contributed by atoms with E-state index in [1.165, 1.54) is 17.6 Å². The van der Waals surface area contributed by atoms with Crippen LogP contribution < -0.4 is 5.32 Å². The van der Waals surface area contributed by atoms with Crippen molar-refractivity contribution in [3.8, 4) is 6.07 Å². The SMILES string of the molecule is CN/C(=C\C=N)c1ccc2ncsc2c1C#N. The third-order valence-electron chi connectivity index (χ3n) is 2.42. The van der Waals surface area contributed by atoms with Crippen LogP contribution in [0.4, 0.5) is 0 Å². The molecule has 2 N–H and O–H groups in total. The van der Waals surface area contributed by atoms with E-state index in [2.05, 4.69) is 16.4 Å². The Morgan fingerprint density at radius 2 is 2.41 bits per heavy atom. The molecule has 0 radical (unpaired) electrons. The van der Waals surface area contributed by atoms with E-state index in [0.29, 0.717) is 5.56 Å². The predicted molar refractivity (Wildman–Crippen MR) is 70.2 cm³/mol. The molecule has 0 saturated heterocycles. The average molecular weight is 242 g/mol. The number of hydrogen-bond donors (Lipinski definition) is 2. The molecule has 0 aliphatic carbocycles. The minimum Gasteiger partial charge on any atom is -0.388 e. The number of benzene rings is 1. The number of nitriles is 1. The zero-order valence-electron chi connectivity index (χ0n) is 9.19. The minimum atomic E-state index is 0.604. The quantitative estimate of drug-likeness (QED) is 0.811. The largest absolute Gasteiger partial charge is 0.388 e. The van der Waals surface area contributed by atoms with E-state index < -0.39 is 0 Å². The third-order valence-corrected chi connectivity index (χ3v) is 3.28. The van der Waals surface area contributed by atoms with Gasteiger partial charge in [-0.3, -0.25) is 0 Å². The maximum absolute atomic E-state index is 9.26. The molecule has 2 aromatic rings. The number of hydrogen-bond acceptors (Lipinski definition) is 5. The maximum Gasteiger partial charge on any atom is 0.101 e. The first-order valence-corrected chi connectivity index (χ1v) is 5.85. The predicted octanol–water partition coefficient (Wildman–Crippen LogP) is 2.38. The molecular formula is C12H10N4S. The van der Waals surface area contributed by atoms with Crippen LogP contribution in [-0.4, -0.2) is 18.2 Å². The second-order valence-corrected chi connectivity index (χ2v) is 4.15. The Labute approximate surface area is 103 Å². The van der Waals surface area contributed by atoms with Gasteiger partial charge in [-0.2, -0.15) is 5.26 Å². The standard InChI is InChI=1S/C12H10N4S/c1-15-10(4-5-13)8-2-3-11-12(9(8)6-14)17-7-16-11/h2-5,7,13,15H,1H3/b10-4-,13-5?. The molecule has 1 heterocycles. The smallest absolute Gasteiger partial charge is 0.101 e. The first kappa shape index (κ1) is 11.3. The van der Waals surface area contributed by atoms with Crippen LogP contribution in [0.3, 0.4) is 0 Å². The van der Waals surface area contributed by atoms with Crippen LogP contribution in [0.1, 0.15) is 11.1 Å². The Kier molecular flexibility index (Phi) is 3.17. The van der Waals surface area contributed by atoms with Crippen molar-refractivity contribution in [2.45, 2.75) is 0 Å². The first-order valence-electron chi connectivity index (χ1n) is 4.97. The lowest BCUT2D eigenvalue weighted by Gasteiger charge is -2.08.